The number of rotatable bonds is 5. The van der Waals surface area contributed by atoms with Crippen LogP contribution >= 0.6 is 0 Å². The molecule has 0 saturated carbocycles. The Morgan fingerprint density at radius 2 is 1.74 bits per heavy atom. The highest BCUT2D eigenvalue weighted by molar-refractivity contribution is 7.89. The van der Waals surface area contributed by atoms with Gasteiger partial charge in [-0.2, -0.15) is 4.31 Å². The molecule has 0 atom stereocenters. The summed E-state index contributed by atoms with van der Waals surface area (Å²) in [6.07, 6.45) is 0.803. The average Bonchev–Trinajstić information content (AvgIpc) is 3.16. The van der Waals surface area contributed by atoms with Crippen LogP contribution in [0.15, 0.2) is 52.0 Å². The summed E-state index contributed by atoms with van der Waals surface area (Å²) in [4.78, 5) is 2.34. The monoisotopic (exact) mass is 390 g/mol. The van der Waals surface area contributed by atoms with Gasteiger partial charge < -0.3 is 4.90 Å². The standard InChI is InChI=1S/C18H19FN4O3S/c19-15-6-4-14(5-7-15)8-9-22-10-12-23(13-11-22)27(24,25)17-3-1-2-16-18(17)21-26-20-16/h1-7H,8-13H2. The fourth-order valence-corrected chi connectivity index (χ4v) is 4.82. The molecule has 2 heterocycles. The molecule has 142 valence electrons. The van der Waals surface area contributed by atoms with Crippen molar-refractivity contribution < 1.29 is 17.4 Å². The van der Waals surface area contributed by atoms with Gasteiger partial charge >= 0.3 is 0 Å². The topological polar surface area (TPSA) is 79.5 Å². The second-order valence-electron chi connectivity index (χ2n) is 6.51. The van der Waals surface area contributed by atoms with Gasteiger partial charge in [-0.3, -0.25) is 0 Å². The molecule has 0 spiro atoms. The number of benzene rings is 2. The molecule has 0 amide bonds. The lowest BCUT2D eigenvalue weighted by Gasteiger charge is -2.33. The van der Waals surface area contributed by atoms with E-state index in [2.05, 4.69) is 19.8 Å². The molecule has 1 fully saturated rings. The predicted octanol–water partition coefficient (Wildman–Crippen LogP) is 1.91. The molecule has 1 saturated heterocycles. The molecular formula is C18H19FN4O3S. The van der Waals surface area contributed by atoms with Crippen LogP contribution in [0, 0.1) is 5.82 Å². The first-order valence-corrected chi connectivity index (χ1v) is 10.2. The number of aromatic nitrogens is 2. The van der Waals surface area contributed by atoms with Crippen LogP contribution in [0.2, 0.25) is 0 Å². The SMILES string of the molecule is O=S(=O)(c1cccc2nonc12)N1CCN(CCc2ccc(F)cc2)CC1. The summed E-state index contributed by atoms with van der Waals surface area (Å²) in [7, 11) is -3.65. The average molecular weight is 390 g/mol. The summed E-state index contributed by atoms with van der Waals surface area (Å²) in [6, 6.07) is 11.3. The van der Waals surface area contributed by atoms with E-state index in [9.17, 15) is 12.8 Å². The Labute approximate surface area is 156 Å². The van der Waals surface area contributed by atoms with Crippen LogP contribution in [0.4, 0.5) is 4.39 Å². The number of hydrogen-bond donors (Lipinski definition) is 0. The molecule has 27 heavy (non-hydrogen) atoms. The molecule has 0 N–H and O–H groups in total. The molecule has 0 unspecified atom stereocenters. The number of piperazine rings is 1. The maximum absolute atomic E-state index is 13.0. The summed E-state index contributed by atoms with van der Waals surface area (Å²) in [6.45, 7) is 2.92. The highest BCUT2D eigenvalue weighted by Gasteiger charge is 2.30. The van der Waals surface area contributed by atoms with Crippen molar-refractivity contribution in [2.24, 2.45) is 0 Å². The third-order valence-corrected chi connectivity index (χ3v) is 6.76. The molecule has 1 aliphatic rings. The van der Waals surface area contributed by atoms with Gasteiger partial charge in [-0.05, 0) is 46.6 Å². The van der Waals surface area contributed by atoms with Gasteiger partial charge in [0.05, 0.1) is 0 Å². The first-order valence-electron chi connectivity index (χ1n) is 8.72. The maximum Gasteiger partial charge on any atom is 0.245 e. The Hall–Kier alpha value is -2.36. The normalized spacial score (nSPS) is 16.8. The van der Waals surface area contributed by atoms with E-state index in [1.54, 1.807) is 24.3 Å². The summed E-state index contributed by atoms with van der Waals surface area (Å²) in [5.41, 5.74) is 1.75. The van der Waals surface area contributed by atoms with Crippen LogP contribution in [-0.4, -0.2) is 60.7 Å². The molecule has 1 aliphatic heterocycles. The van der Waals surface area contributed by atoms with Crippen LogP contribution in [0.3, 0.4) is 0 Å². The van der Waals surface area contributed by atoms with Crippen LogP contribution < -0.4 is 0 Å². The maximum atomic E-state index is 13.0. The largest absolute Gasteiger partial charge is 0.300 e. The first-order chi connectivity index (χ1) is 13.0. The Morgan fingerprint density at radius 3 is 2.48 bits per heavy atom. The lowest BCUT2D eigenvalue weighted by molar-refractivity contribution is 0.190. The van der Waals surface area contributed by atoms with E-state index < -0.39 is 10.0 Å². The Bertz CT molecular complexity index is 1030. The molecule has 3 aromatic rings. The fraction of sp³-hybridized carbons (Fsp3) is 0.333. The third kappa shape index (κ3) is 3.71. The van der Waals surface area contributed by atoms with E-state index in [1.165, 1.54) is 22.5 Å². The minimum atomic E-state index is -3.65. The zero-order valence-corrected chi connectivity index (χ0v) is 15.4. The molecule has 0 radical (unpaired) electrons. The fourth-order valence-electron chi connectivity index (χ4n) is 3.26. The minimum absolute atomic E-state index is 0.126. The van der Waals surface area contributed by atoms with Gasteiger partial charge in [0.2, 0.25) is 10.0 Å². The molecule has 1 aromatic heterocycles. The summed E-state index contributed by atoms with van der Waals surface area (Å²) in [5.74, 6) is -0.241. The van der Waals surface area contributed by atoms with Crippen LogP contribution in [0.5, 0.6) is 0 Å². The Kier molecular flexibility index (Phi) is 4.90. The molecule has 4 rings (SSSR count). The van der Waals surface area contributed by atoms with Crippen molar-refractivity contribution in [2.75, 3.05) is 32.7 Å². The molecule has 9 heteroatoms. The van der Waals surface area contributed by atoms with E-state index in [0.29, 0.717) is 31.7 Å². The van der Waals surface area contributed by atoms with Crippen LogP contribution in [-0.2, 0) is 16.4 Å². The Morgan fingerprint density at radius 1 is 1.00 bits per heavy atom. The van der Waals surface area contributed by atoms with Crippen LogP contribution in [0.1, 0.15) is 5.56 Å². The van der Waals surface area contributed by atoms with E-state index in [-0.39, 0.29) is 16.2 Å². The second kappa shape index (κ2) is 7.34. The Balaban J connectivity index is 1.39. The number of hydrogen-bond acceptors (Lipinski definition) is 6. The van der Waals surface area contributed by atoms with Crippen molar-refractivity contribution in [1.82, 2.24) is 19.5 Å². The van der Waals surface area contributed by atoms with Gasteiger partial charge in [0.25, 0.3) is 0 Å². The summed E-state index contributed by atoms with van der Waals surface area (Å²) >= 11 is 0. The summed E-state index contributed by atoms with van der Waals surface area (Å²) < 4.78 is 45.1. The third-order valence-electron chi connectivity index (χ3n) is 4.83. The van der Waals surface area contributed by atoms with Gasteiger partial charge in [0, 0.05) is 32.7 Å². The molecule has 0 bridgehead atoms. The van der Waals surface area contributed by atoms with Crippen LogP contribution in [0.25, 0.3) is 11.0 Å². The second-order valence-corrected chi connectivity index (χ2v) is 8.42. The lowest BCUT2D eigenvalue weighted by atomic mass is 10.1. The molecule has 7 nitrogen and oxygen atoms in total. The van der Waals surface area contributed by atoms with Gasteiger partial charge in [-0.25, -0.2) is 17.4 Å². The quantitative estimate of drug-likeness (QED) is 0.662. The lowest BCUT2D eigenvalue weighted by Crippen LogP contribution is -2.49. The van der Waals surface area contributed by atoms with Crippen molar-refractivity contribution in [3.63, 3.8) is 0 Å². The summed E-state index contributed by atoms with van der Waals surface area (Å²) in [5, 5.41) is 7.44. The molecule has 0 aliphatic carbocycles. The first kappa shape index (κ1) is 18.0. The minimum Gasteiger partial charge on any atom is -0.300 e. The number of sulfonamides is 1. The van der Waals surface area contributed by atoms with Gasteiger partial charge in [-0.15, -0.1) is 0 Å². The van der Waals surface area contributed by atoms with Gasteiger partial charge in [0.15, 0.2) is 5.52 Å². The highest BCUT2D eigenvalue weighted by Crippen LogP contribution is 2.24. The van der Waals surface area contributed by atoms with E-state index in [1.807, 2.05) is 0 Å². The highest BCUT2D eigenvalue weighted by atomic mass is 32.2. The van der Waals surface area contributed by atoms with Crippen molar-refractivity contribution >= 4 is 21.1 Å². The number of fused-ring (bicyclic) bond motifs is 1. The van der Waals surface area contributed by atoms with Crippen molar-refractivity contribution in [3.8, 4) is 0 Å². The number of nitrogens with zero attached hydrogens (tertiary/aromatic N) is 4. The van der Waals surface area contributed by atoms with E-state index in [0.717, 1.165) is 18.5 Å². The van der Waals surface area contributed by atoms with Crippen molar-refractivity contribution in [2.45, 2.75) is 11.3 Å². The zero-order chi connectivity index (χ0) is 18.9. The van der Waals surface area contributed by atoms with Gasteiger partial charge in [0.1, 0.15) is 16.2 Å². The zero-order valence-electron chi connectivity index (χ0n) is 14.6. The van der Waals surface area contributed by atoms with Crippen molar-refractivity contribution in [3.05, 3.63) is 53.8 Å². The van der Waals surface area contributed by atoms with Crippen molar-refractivity contribution in [1.29, 1.82) is 0 Å². The predicted molar refractivity (Wildman–Crippen MR) is 97.1 cm³/mol. The number of halogens is 1. The van der Waals surface area contributed by atoms with E-state index in [4.69, 9.17) is 0 Å². The molecular weight excluding hydrogens is 371 g/mol. The smallest absolute Gasteiger partial charge is 0.245 e. The molecule has 2 aromatic carbocycles. The van der Waals surface area contributed by atoms with E-state index >= 15 is 0 Å². The van der Waals surface area contributed by atoms with Gasteiger partial charge in [-0.1, -0.05) is 18.2 Å².